The van der Waals surface area contributed by atoms with Gasteiger partial charge >= 0.3 is 15.3 Å². The molecule has 10 heavy (non-hydrogen) atoms. The van der Waals surface area contributed by atoms with Crippen LogP contribution >= 0.6 is 23.2 Å². The molecule has 0 aliphatic heterocycles. The van der Waals surface area contributed by atoms with Crippen molar-refractivity contribution in [3.8, 4) is 0 Å². The summed E-state index contributed by atoms with van der Waals surface area (Å²) in [6, 6.07) is 0. The minimum absolute atomic E-state index is 0.635. The van der Waals surface area contributed by atoms with E-state index in [-0.39, 0.29) is 0 Å². The lowest BCUT2D eigenvalue weighted by Crippen LogP contribution is -2.24. The Morgan fingerprint density at radius 3 is 2.40 bits per heavy atom. The van der Waals surface area contributed by atoms with Gasteiger partial charge in [0, 0.05) is 7.11 Å². The van der Waals surface area contributed by atoms with E-state index in [0.717, 1.165) is 0 Å². The number of alkyl halides is 2. The zero-order chi connectivity index (χ0) is 8.15. The zero-order valence-corrected chi connectivity index (χ0v) is 8.30. The van der Waals surface area contributed by atoms with E-state index < -0.39 is 20.1 Å². The average molecular weight is 203 g/mol. The van der Waals surface area contributed by atoms with Gasteiger partial charge in [-0.25, -0.2) is 0 Å². The predicted octanol–water partition coefficient (Wildman–Crippen LogP) is 0.830. The monoisotopic (exact) mass is 202 g/mol. The van der Waals surface area contributed by atoms with Gasteiger partial charge in [0.25, 0.3) is 0 Å². The third kappa shape index (κ3) is 4.11. The minimum Gasteiger partial charge on any atom is -0.495 e. The number of hydrogen-bond donors (Lipinski definition) is 0. The molecule has 0 N–H and O–H groups in total. The predicted molar refractivity (Wildman–Crippen MR) is 41.6 cm³/mol. The van der Waals surface area contributed by atoms with E-state index in [1.54, 1.807) is 6.55 Å². The van der Waals surface area contributed by atoms with Gasteiger partial charge in [0.1, 0.15) is 0 Å². The quantitative estimate of drug-likeness (QED) is 0.503. The molecule has 0 heterocycles. The lowest BCUT2D eigenvalue weighted by molar-refractivity contribution is -0.133. The van der Waals surface area contributed by atoms with Crippen molar-refractivity contribution in [2.24, 2.45) is 0 Å². The summed E-state index contributed by atoms with van der Waals surface area (Å²) >= 11 is 10.4. The third-order valence-corrected chi connectivity index (χ3v) is 2.38. The molecule has 0 aliphatic carbocycles. The maximum Gasteiger partial charge on any atom is 0.382 e. The first-order valence-electron chi connectivity index (χ1n) is 2.59. The van der Waals surface area contributed by atoms with E-state index in [4.69, 9.17) is 27.6 Å². The first-order chi connectivity index (χ1) is 4.57. The minimum atomic E-state index is -1.81. The van der Waals surface area contributed by atoms with Crippen molar-refractivity contribution < 1.29 is 13.6 Å². The third-order valence-electron chi connectivity index (χ3n) is 0.792. The van der Waals surface area contributed by atoms with Gasteiger partial charge in [-0.3, -0.25) is 4.79 Å². The molecular formula is C4H8Cl2O3Si. The Morgan fingerprint density at radius 2 is 2.10 bits per heavy atom. The zero-order valence-electron chi connectivity index (χ0n) is 5.64. The summed E-state index contributed by atoms with van der Waals surface area (Å²) in [6.45, 7) is 1.70. The number of carbonyl (C=O) groups is 1. The Balaban J connectivity index is 3.57. The van der Waals surface area contributed by atoms with E-state index in [2.05, 4.69) is 4.43 Å². The van der Waals surface area contributed by atoms with E-state index in [9.17, 15) is 4.79 Å². The fourth-order valence-electron chi connectivity index (χ4n) is 0.263. The normalized spacial score (nSPS) is 13.3. The molecule has 0 saturated carbocycles. The van der Waals surface area contributed by atoms with Crippen LogP contribution in [0.15, 0.2) is 0 Å². The summed E-state index contributed by atoms with van der Waals surface area (Å²) in [7, 11) is -0.340. The van der Waals surface area contributed by atoms with Crippen LogP contribution in [0.2, 0.25) is 6.55 Å². The number of rotatable bonds is 3. The van der Waals surface area contributed by atoms with Gasteiger partial charge in [-0.2, -0.15) is 0 Å². The van der Waals surface area contributed by atoms with Gasteiger partial charge in [-0.15, -0.1) is 0 Å². The second-order valence-electron chi connectivity index (χ2n) is 1.54. The SMILES string of the molecule is CO[SiH](C)OC(=O)C(Cl)Cl. The average Bonchev–Trinajstić information content (AvgIpc) is 1.87. The van der Waals surface area contributed by atoms with Crippen molar-refractivity contribution in [1.82, 2.24) is 0 Å². The van der Waals surface area contributed by atoms with Crippen molar-refractivity contribution in [2.45, 2.75) is 11.4 Å². The molecule has 0 aliphatic rings. The molecule has 1 unspecified atom stereocenters. The highest BCUT2D eigenvalue weighted by Gasteiger charge is 2.16. The van der Waals surface area contributed by atoms with Crippen LogP contribution in [0.4, 0.5) is 0 Å². The van der Waals surface area contributed by atoms with E-state index in [1.165, 1.54) is 7.11 Å². The Morgan fingerprint density at radius 1 is 1.60 bits per heavy atom. The summed E-state index contributed by atoms with van der Waals surface area (Å²) in [4.78, 5) is 9.47. The fraction of sp³-hybridized carbons (Fsp3) is 0.750. The second kappa shape index (κ2) is 4.95. The van der Waals surface area contributed by atoms with Crippen molar-refractivity contribution in [3.05, 3.63) is 0 Å². The van der Waals surface area contributed by atoms with Crippen LogP contribution < -0.4 is 0 Å². The molecular weight excluding hydrogens is 195 g/mol. The number of hydrogen-bond acceptors (Lipinski definition) is 3. The standard InChI is InChI=1S/C4H8Cl2O3Si/c1-8-10(2)9-4(7)3(5)6/h3,10H,1-2H3. The van der Waals surface area contributed by atoms with Gasteiger partial charge in [0.2, 0.25) is 4.84 Å². The molecule has 0 aromatic rings. The van der Waals surface area contributed by atoms with Crippen molar-refractivity contribution >= 4 is 38.5 Å². The molecule has 0 fully saturated rings. The fourth-order valence-corrected chi connectivity index (χ4v) is 1.10. The highest BCUT2D eigenvalue weighted by atomic mass is 35.5. The Kier molecular flexibility index (Phi) is 5.07. The second-order valence-corrected chi connectivity index (χ2v) is 4.48. The largest absolute Gasteiger partial charge is 0.495 e. The molecule has 0 aromatic heterocycles. The molecule has 60 valence electrons. The van der Waals surface area contributed by atoms with Crippen molar-refractivity contribution in [1.29, 1.82) is 0 Å². The molecule has 6 heteroatoms. The van der Waals surface area contributed by atoms with Crippen LogP contribution in [0.25, 0.3) is 0 Å². The summed E-state index contributed by atoms with van der Waals surface area (Å²) in [5.41, 5.74) is 0. The van der Waals surface area contributed by atoms with Crippen molar-refractivity contribution in [3.63, 3.8) is 0 Å². The van der Waals surface area contributed by atoms with Gasteiger partial charge in [-0.1, -0.05) is 23.2 Å². The van der Waals surface area contributed by atoms with Gasteiger partial charge in [0.15, 0.2) is 0 Å². The van der Waals surface area contributed by atoms with Crippen LogP contribution in [-0.2, 0) is 13.6 Å². The lowest BCUT2D eigenvalue weighted by Gasteiger charge is -2.08. The van der Waals surface area contributed by atoms with Gasteiger partial charge in [0.05, 0.1) is 0 Å². The smallest absolute Gasteiger partial charge is 0.382 e. The Bertz CT molecular complexity index is 119. The highest BCUT2D eigenvalue weighted by molar-refractivity contribution is 6.55. The number of carbonyl (C=O) groups excluding carboxylic acids is 1. The maximum atomic E-state index is 10.6. The summed E-state index contributed by atoms with van der Waals surface area (Å²) in [5, 5.41) is 0. The summed E-state index contributed by atoms with van der Waals surface area (Å²) in [5.74, 6) is -0.635. The first-order valence-corrected chi connectivity index (χ1v) is 5.56. The van der Waals surface area contributed by atoms with Crippen LogP contribution in [0.1, 0.15) is 0 Å². The van der Waals surface area contributed by atoms with E-state index in [0.29, 0.717) is 0 Å². The molecule has 3 nitrogen and oxygen atoms in total. The van der Waals surface area contributed by atoms with Crippen LogP contribution in [0, 0.1) is 0 Å². The highest BCUT2D eigenvalue weighted by Crippen LogP contribution is 2.04. The molecule has 0 rings (SSSR count). The van der Waals surface area contributed by atoms with E-state index in [1.807, 2.05) is 0 Å². The number of halogens is 2. The molecule has 0 bridgehead atoms. The van der Waals surface area contributed by atoms with Crippen LogP contribution in [0.3, 0.4) is 0 Å². The molecule has 0 saturated heterocycles. The molecule has 0 spiro atoms. The maximum absolute atomic E-state index is 10.6. The van der Waals surface area contributed by atoms with Gasteiger partial charge in [-0.05, 0) is 6.55 Å². The molecule has 0 radical (unpaired) electrons. The Hall–Kier alpha value is 0.227. The van der Waals surface area contributed by atoms with Crippen LogP contribution in [-0.4, -0.2) is 27.2 Å². The van der Waals surface area contributed by atoms with Gasteiger partial charge < -0.3 is 8.85 Å². The van der Waals surface area contributed by atoms with E-state index >= 15 is 0 Å². The Labute approximate surface area is 71.1 Å². The molecule has 0 aromatic carbocycles. The topological polar surface area (TPSA) is 35.5 Å². The summed E-state index contributed by atoms with van der Waals surface area (Å²) < 4.78 is 9.42. The molecule has 1 atom stereocenters. The lowest BCUT2D eigenvalue weighted by atomic mass is 10.8. The molecule has 0 amide bonds. The summed E-state index contributed by atoms with van der Waals surface area (Å²) in [6.07, 6.45) is 0. The first kappa shape index (κ1) is 10.2. The van der Waals surface area contributed by atoms with Crippen LogP contribution in [0.5, 0.6) is 0 Å². The van der Waals surface area contributed by atoms with Crippen molar-refractivity contribution in [2.75, 3.05) is 7.11 Å².